The molecule has 1 heterocycles. The lowest BCUT2D eigenvalue weighted by atomic mass is 9.70. The molecule has 7 heteroatoms. The number of nitrogens with one attached hydrogen (secondary N) is 1. The van der Waals surface area contributed by atoms with Gasteiger partial charge in [-0.05, 0) is 48.5 Å². The van der Waals surface area contributed by atoms with Crippen LogP contribution in [0.2, 0.25) is 0 Å². The number of hydrogen-bond donors (Lipinski definition) is 2. The second kappa shape index (κ2) is 5.38. The largest absolute Gasteiger partial charge is 0.480 e. The Morgan fingerprint density at radius 3 is 1.82 bits per heavy atom. The molecule has 0 spiro atoms. The fourth-order valence-electron chi connectivity index (χ4n) is 3.29. The summed E-state index contributed by atoms with van der Waals surface area (Å²) in [7, 11) is 0. The van der Waals surface area contributed by atoms with E-state index in [4.69, 9.17) is 4.74 Å². The summed E-state index contributed by atoms with van der Waals surface area (Å²) in [5.74, 6) is -1.16. The second-order valence-corrected chi connectivity index (χ2v) is 8.29. The molecule has 2 N–H and O–H groups in total. The first-order valence-electron chi connectivity index (χ1n) is 7.33. The Morgan fingerprint density at radius 2 is 1.50 bits per heavy atom. The Morgan fingerprint density at radius 1 is 1.09 bits per heavy atom. The van der Waals surface area contributed by atoms with Crippen molar-refractivity contribution in [1.29, 1.82) is 0 Å². The number of nitrogens with zero attached hydrogens (tertiary/aromatic N) is 1. The van der Waals surface area contributed by atoms with Crippen molar-refractivity contribution in [3.05, 3.63) is 0 Å². The van der Waals surface area contributed by atoms with Gasteiger partial charge in [0.15, 0.2) is 0 Å². The Kier molecular flexibility index (Phi) is 4.58. The number of carboxylic acid groups (broad SMARTS) is 1. The maximum absolute atomic E-state index is 12.4. The van der Waals surface area contributed by atoms with E-state index in [1.165, 1.54) is 0 Å². The molecule has 1 fully saturated rings. The molecule has 0 atom stereocenters. The zero-order valence-electron chi connectivity index (χ0n) is 14.4. The van der Waals surface area contributed by atoms with Crippen LogP contribution in [0.15, 0.2) is 0 Å². The molecule has 0 aromatic carbocycles. The summed E-state index contributed by atoms with van der Waals surface area (Å²) >= 11 is 0. The molecule has 0 bridgehead atoms. The number of rotatable bonds is 2. The minimum atomic E-state index is -1.53. The quantitative estimate of drug-likeness (QED) is 0.815. The number of ether oxygens (including phenoxy) is 1. The Labute approximate surface area is 131 Å². The lowest BCUT2D eigenvalue weighted by molar-refractivity contribution is -0.296. The fraction of sp³-hybridized carbons (Fsp3) is 0.867. The van der Waals surface area contributed by atoms with Crippen molar-refractivity contribution in [2.75, 3.05) is 0 Å². The van der Waals surface area contributed by atoms with Gasteiger partial charge in [0, 0.05) is 23.9 Å². The molecule has 22 heavy (non-hydrogen) atoms. The minimum Gasteiger partial charge on any atom is -0.480 e. The van der Waals surface area contributed by atoms with Gasteiger partial charge in [-0.15, -0.1) is 10.3 Å². The zero-order chi connectivity index (χ0) is 17.6. The van der Waals surface area contributed by atoms with Crippen LogP contribution in [0.1, 0.15) is 61.3 Å². The van der Waals surface area contributed by atoms with Crippen LogP contribution in [0.5, 0.6) is 0 Å². The van der Waals surface area contributed by atoms with Crippen LogP contribution in [0.3, 0.4) is 0 Å². The highest BCUT2D eigenvalue weighted by atomic mass is 16.6. The number of aliphatic carboxylic acids is 1. The van der Waals surface area contributed by atoms with Crippen LogP contribution in [0.25, 0.3) is 0 Å². The van der Waals surface area contributed by atoms with E-state index in [1.807, 2.05) is 0 Å². The summed E-state index contributed by atoms with van der Waals surface area (Å²) < 4.78 is 5.17. The molecule has 1 saturated heterocycles. The molecule has 7 nitrogen and oxygen atoms in total. The summed E-state index contributed by atoms with van der Waals surface area (Å²) in [6.07, 6.45) is -0.788. The van der Waals surface area contributed by atoms with Crippen molar-refractivity contribution < 1.29 is 24.6 Å². The van der Waals surface area contributed by atoms with E-state index in [9.17, 15) is 19.9 Å². The number of amides is 1. The first kappa shape index (κ1) is 18.7. The van der Waals surface area contributed by atoms with Crippen LogP contribution in [-0.4, -0.2) is 44.5 Å². The van der Waals surface area contributed by atoms with Crippen LogP contribution in [0, 0.1) is 0 Å². The van der Waals surface area contributed by atoms with Gasteiger partial charge in [-0.1, -0.05) is 0 Å². The zero-order valence-corrected chi connectivity index (χ0v) is 14.4. The number of piperidine rings is 1. The number of alkyl carbamates (subject to hydrolysis) is 1. The number of carbonyl (C=O) groups is 2. The van der Waals surface area contributed by atoms with Gasteiger partial charge in [-0.2, -0.15) is 0 Å². The first-order valence-corrected chi connectivity index (χ1v) is 7.33. The lowest BCUT2D eigenvalue weighted by Gasteiger charge is -2.53. The molecular weight excluding hydrogens is 288 g/mol. The van der Waals surface area contributed by atoms with Crippen LogP contribution in [-0.2, 0) is 14.7 Å². The van der Waals surface area contributed by atoms with Crippen molar-refractivity contribution in [1.82, 2.24) is 10.4 Å². The Bertz CT molecular complexity index is 447. The third kappa shape index (κ3) is 3.89. The molecule has 0 unspecified atom stereocenters. The molecule has 1 rings (SSSR count). The van der Waals surface area contributed by atoms with Gasteiger partial charge in [0.25, 0.3) is 0 Å². The standard InChI is InChI=1S/C15H27N2O5/c1-12(2,3)22-11(20)16-15(10(18)19)8-13(4,5)17(21)14(6,7)9-15/h8-9H2,1-7H3,(H,16,20)(H,18,19). The number of hydrogen-bond acceptors (Lipinski definition) is 4. The van der Waals surface area contributed by atoms with Crippen molar-refractivity contribution in [2.24, 2.45) is 0 Å². The van der Waals surface area contributed by atoms with E-state index in [2.05, 4.69) is 5.32 Å². The fourth-order valence-corrected chi connectivity index (χ4v) is 3.29. The number of carboxylic acids is 1. The van der Waals surface area contributed by atoms with E-state index >= 15 is 0 Å². The maximum atomic E-state index is 12.4. The van der Waals surface area contributed by atoms with Crippen molar-refractivity contribution in [2.45, 2.75) is 83.5 Å². The predicted octanol–water partition coefficient (Wildman–Crippen LogP) is 2.33. The monoisotopic (exact) mass is 315 g/mol. The van der Waals surface area contributed by atoms with Crippen LogP contribution < -0.4 is 5.32 Å². The third-order valence-electron chi connectivity index (χ3n) is 3.72. The smallest absolute Gasteiger partial charge is 0.408 e. The SMILES string of the molecule is CC(C)(C)OC(=O)NC1(C(=O)O)CC(C)(C)N([O])C(C)(C)C1. The highest BCUT2D eigenvalue weighted by molar-refractivity contribution is 5.85. The average molecular weight is 315 g/mol. The molecular formula is C15H27N2O5. The maximum Gasteiger partial charge on any atom is 0.408 e. The van der Waals surface area contributed by atoms with Crippen molar-refractivity contribution >= 4 is 12.1 Å². The molecule has 1 radical (unpaired) electrons. The predicted molar refractivity (Wildman–Crippen MR) is 79.7 cm³/mol. The van der Waals surface area contributed by atoms with Crippen molar-refractivity contribution in [3.63, 3.8) is 0 Å². The normalized spacial score (nSPS) is 23.6. The summed E-state index contributed by atoms with van der Waals surface area (Å²) in [6.45, 7) is 11.8. The molecule has 0 aromatic rings. The Hall–Kier alpha value is -1.34. The topological polar surface area (TPSA) is 98.8 Å². The van der Waals surface area contributed by atoms with Gasteiger partial charge in [0.2, 0.25) is 0 Å². The summed E-state index contributed by atoms with van der Waals surface area (Å²) in [5, 5.41) is 25.5. The molecule has 0 saturated carbocycles. The molecule has 1 amide bonds. The highest BCUT2D eigenvalue weighted by Crippen LogP contribution is 2.42. The van der Waals surface area contributed by atoms with Gasteiger partial charge < -0.3 is 15.2 Å². The third-order valence-corrected chi connectivity index (χ3v) is 3.72. The van der Waals surface area contributed by atoms with Gasteiger partial charge in [-0.3, -0.25) is 0 Å². The van der Waals surface area contributed by atoms with E-state index in [-0.39, 0.29) is 12.8 Å². The van der Waals surface area contributed by atoms with E-state index < -0.39 is 34.3 Å². The molecule has 127 valence electrons. The van der Waals surface area contributed by atoms with Gasteiger partial charge in [0.1, 0.15) is 11.1 Å². The molecule has 0 aliphatic carbocycles. The van der Waals surface area contributed by atoms with E-state index in [1.54, 1.807) is 48.5 Å². The summed E-state index contributed by atoms with van der Waals surface area (Å²) in [5.41, 5.74) is -4.10. The van der Waals surface area contributed by atoms with Gasteiger partial charge in [-0.25, -0.2) is 9.59 Å². The van der Waals surface area contributed by atoms with Gasteiger partial charge in [0.05, 0.1) is 0 Å². The Balaban J connectivity index is 3.12. The first-order chi connectivity index (χ1) is 9.61. The lowest BCUT2D eigenvalue weighted by Crippen LogP contribution is -2.70. The summed E-state index contributed by atoms with van der Waals surface area (Å²) in [4.78, 5) is 23.9. The van der Waals surface area contributed by atoms with Gasteiger partial charge >= 0.3 is 12.1 Å². The molecule has 1 aliphatic heterocycles. The minimum absolute atomic E-state index is 0.00149. The second-order valence-electron chi connectivity index (χ2n) is 8.29. The number of carbonyl (C=O) groups excluding carboxylic acids is 1. The highest BCUT2D eigenvalue weighted by Gasteiger charge is 2.57. The average Bonchev–Trinajstić information content (AvgIpc) is 2.21. The van der Waals surface area contributed by atoms with Crippen LogP contribution in [0.4, 0.5) is 4.79 Å². The molecule has 0 aromatic heterocycles. The van der Waals surface area contributed by atoms with Crippen LogP contribution >= 0.6 is 0 Å². The molecule has 1 aliphatic rings. The van der Waals surface area contributed by atoms with E-state index in [0.29, 0.717) is 0 Å². The van der Waals surface area contributed by atoms with E-state index in [0.717, 1.165) is 5.06 Å². The van der Waals surface area contributed by atoms with Crippen molar-refractivity contribution in [3.8, 4) is 0 Å². The number of hydroxylamine groups is 2. The summed E-state index contributed by atoms with van der Waals surface area (Å²) in [6, 6.07) is 0.